The van der Waals surface area contributed by atoms with Gasteiger partial charge in [-0.1, -0.05) is 6.42 Å². The molecule has 0 aromatic carbocycles. The number of aliphatic imine (C=N–C) groups is 1. The van der Waals surface area contributed by atoms with Gasteiger partial charge in [0.15, 0.2) is 5.96 Å². The van der Waals surface area contributed by atoms with Crippen LogP contribution in [0.1, 0.15) is 52.9 Å². The van der Waals surface area contributed by atoms with Crippen molar-refractivity contribution < 1.29 is 0 Å². The van der Waals surface area contributed by atoms with E-state index in [1.807, 2.05) is 0 Å². The highest BCUT2D eigenvalue weighted by atomic mass is 32.2. The van der Waals surface area contributed by atoms with Gasteiger partial charge in [0.05, 0.1) is 6.54 Å². The van der Waals surface area contributed by atoms with E-state index in [1.165, 1.54) is 44.4 Å². The largest absolute Gasteiger partial charge is 0.357 e. The van der Waals surface area contributed by atoms with E-state index < -0.39 is 0 Å². The molecule has 2 aliphatic heterocycles. The average molecular weight is 327 g/mol. The van der Waals surface area contributed by atoms with Crippen LogP contribution in [0.3, 0.4) is 0 Å². The first kappa shape index (κ1) is 17.9. The summed E-state index contributed by atoms with van der Waals surface area (Å²) in [6.07, 6.45) is 6.78. The van der Waals surface area contributed by atoms with Gasteiger partial charge < -0.3 is 10.6 Å². The molecule has 5 heteroatoms. The number of hydrogen-bond acceptors (Lipinski definition) is 3. The molecular formula is C17H34N4S. The lowest BCUT2D eigenvalue weighted by atomic mass is 10.0. The lowest BCUT2D eigenvalue weighted by molar-refractivity contribution is 0.118. The number of hydrogen-bond donors (Lipinski definition) is 2. The van der Waals surface area contributed by atoms with Crippen molar-refractivity contribution in [2.75, 3.05) is 31.9 Å². The van der Waals surface area contributed by atoms with Crippen molar-refractivity contribution in [1.29, 1.82) is 0 Å². The van der Waals surface area contributed by atoms with Crippen LogP contribution in [0.2, 0.25) is 0 Å². The number of thioether (sulfide) groups is 1. The van der Waals surface area contributed by atoms with Crippen molar-refractivity contribution in [2.24, 2.45) is 4.99 Å². The maximum atomic E-state index is 4.83. The van der Waals surface area contributed by atoms with Crippen LogP contribution in [0.25, 0.3) is 0 Å². The normalized spacial score (nSPS) is 28.6. The average Bonchev–Trinajstić information content (AvgIpc) is 3.03. The number of nitrogens with zero attached hydrogens (tertiary/aromatic N) is 2. The number of rotatable bonds is 6. The van der Waals surface area contributed by atoms with E-state index in [4.69, 9.17) is 4.99 Å². The van der Waals surface area contributed by atoms with Gasteiger partial charge in [-0.2, -0.15) is 11.8 Å². The Kier molecular flexibility index (Phi) is 7.87. The molecule has 2 aliphatic rings. The fourth-order valence-corrected chi connectivity index (χ4v) is 4.66. The summed E-state index contributed by atoms with van der Waals surface area (Å²) in [5.74, 6) is 2.32. The molecule has 2 rings (SSSR count). The minimum Gasteiger partial charge on any atom is -0.357 e. The van der Waals surface area contributed by atoms with E-state index in [9.17, 15) is 0 Å². The number of piperidine rings is 1. The first-order chi connectivity index (χ1) is 10.7. The Bertz CT molecular complexity index is 342. The third-order valence-electron chi connectivity index (χ3n) is 4.80. The van der Waals surface area contributed by atoms with E-state index >= 15 is 0 Å². The monoisotopic (exact) mass is 326 g/mol. The zero-order valence-corrected chi connectivity index (χ0v) is 15.4. The zero-order valence-electron chi connectivity index (χ0n) is 14.6. The molecule has 2 heterocycles. The molecule has 0 saturated carbocycles. The van der Waals surface area contributed by atoms with Crippen molar-refractivity contribution in [3.63, 3.8) is 0 Å². The van der Waals surface area contributed by atoms with Crippen molar-refractivity contribution in [2.45, 2.75) is 70.2 Å². The summed E-state index contributed by atoms with van der Waals surface area (Å²) in [7, 11) is 0. The Morgan fingerprint density at radius 2 is 2.14 bits per heavy atom. The third-order valence-corrected chi connectivity index (χ3v) is 6.20. The van der Waals surface area contributed by atoms with E-state index in [2.05, 4.69) is 48.1 Å². The fraction of sp³-hybridized carbons (Fsp3) is 0.941. The lowest BCUT2D eigenvalue weighted by Crippen LogP contribution is -2.46. The van der Waals surface area contributed by atoms with Crippen molar-refractivity contribution in [1.82, 2.24) is 15.5 Å². The van der Waals surface area contributed by atoms with Crippen LogP contribution in [0.4, 0.5) is 0 Å². The Morgan fingerprint density at radius 3 is 2.82 bits per heavy atom. The minimum atomic E-state index is 0.534. The van der Waals surface area contributed by atoms with Crippen molar-refractivity contribution in [3.8, 4) is 0 Å². The molecule has 3 atom stereocenters. The molecule has 0 radical (unpaired) electrons. The highest BCUT2D eigenvalue weighted by Crippen LogP contribution is 2.25. The number of nitrogens with one attached hydrogen (secondary N) is 2. The SMILES string of the molecule is CCNC(=NCC(C)N1CCCCC1C)NCC1CCCS1. The first-order valence-electron chi connectivity index (χ1n) is 9.10. The molecule has 0 aliphatic carbocycles. The summed E-state index contributed by atoms with van der Waals surface area (Å²) in [6, 6.07) is 1.25. The maximum Gasteiger partial charge on any atom is 0.191 e. The molecular weight excluding hydrogens is 292 g/mol. The predicted octanol–water partition coefficient (Wildman–Crippen LogP) is 2.70. The highest BCUT2D eigenvalue weighted by molar-refractivity contribution is 8.00. The summed E-state index contributed by atoms with van der Waals surface area (Å²) in [4.78, 5) is 7.46. The molecule has 128 valence electrons. The summed E-state index contributed by atoms with van der Waals surface area (Å²) in [6.45, 7) is 10.9. The van der Waals surface area contributed by atoms with Crippen LogP contribution < -0.4 is 10.6 Å². The van der Waals surface area contributed by atoms with Gasteiger partial charge in [0.25, 0.3) is 0 Å². The van der Waals surface area contributed by atoms with Gasteiger partial charge in [0.1, 0.15) is 0 Å². The highest BCUT2D eigenvalue weighted by Gasteiger charge is 2.23. The molecule has 0 amide bonds. The molecule has 0 spiro atoms. The first-order valence-corrected chi connectivity index (χ1v) is 10.1. The molecule has 3 unspecified atom stereocenters. The van der Waals surface area contributed by atoms with Gasteiger partial charge >= 0.3 is 0 Å². The van der Waals surface area contributed by atoms with Gasteiger partial charge in [-0.15, -0.1) is 0 Å². The molecule has 0 aromatic heterocycles. The summed E-state index contributed by atoms with van der Waals surface area (Å²) >= 11 is 2.10. The summed E-state index contributed by atoms with van der Waals surface area (Å²) in [5.41, 5.74) is 0. The van der Waals surface area contributed by atoms with E-state index in [0.717, 1.165) is 30.8 Å². The van der Waals surface area contributed by atoms with Crippen molar-refractivity contribution in [3.05, 3.63) is 0 Å². The minimum absolute atomic E-state index is 0.534. The standard InChI is InChI=1S/C17H34N4S/c1-4-18-17(20-13-16-9-7-11-22-16)19-12-15(3)21-10-6-5-8-14(21)2/h14-16H,4-13H2,1-3H3,(H2,18,19,20). The van der Waals surface area contributed by atoms with Crippen LogP contribution in [0.5, 0.6) is 0 Å². The lowest BCUT2D eigenvalue weighted by Gasteiger charge is -2.37. The zero-order chi connectivity index (χ0) is 15.8. The van der Waals surface area contributed by atoms with Gasteiger partial charge in [-0.3, -0.25) is 9.89 Å². The topological polar surface area (TPSA) is 39.7 Å². The summed E-state index contributed by atoms with van der Waals surface area (Å²) < 4.78 is 0. The quantitative estimate of drug-likeness (QED) is 0.581. The second-order valence-electron chi connectivity index (χ2n) is 6.67. The number of guanidine groups is 1. The Balaban J connectivity index is 1.79. The van der Waals surface area contributed by atoms with Crippen LogP contribution in [0, 0.1) is 0 Å². The van der Waals surface area contributed by atoms with Crippen LogP contribution >= 0.6 is 11.8 Å². The van der Waals surface area contributed by atoms with Gasteiger partial charge in [0, 0.05) is 30.4 Å². The second kappa shape index (κ2) is 9.66. The van der Waals surface area contributed by atoms with Crippen LogP contribution in [0.15, 0.2) is 4.99 Å². The molecule has 0 aromatic rings. The number of likely N-dealkylation sites (tertiary alicyclic amines) is 1. The molecule has 2 saturated heterocycles. The molecule has 22 heavy (non-hydrogen) atoms. The van der Waals surface area contributed by atoms with Crippen LogP contribution in [-0.4, -0.2) is 60.1 Å². The Hall–Kier alpha value is -0.420. The second-order valence-corrected chi connectivity index (χ2v) is 8.08. The molecule has 2 N–H and O–H groups in total. The Labute approximate surface area is 140 Å². The Morgan fingerprint density at radius 1 is 1.27 bits per heavy atom. The summed E-state index contributed by atoms with van der Waals surface area (Å²) in [5, 5.41) is 7.69. The maximum absolute atomic E-state index is 4.83. The van der Waals surface area contributed by atoms with Crippen LogP contribution in [-0.2, 0) is 0 Å². The van der Waals surface area contributed by atoms with E-state index in [0.29, 0.717) is 12.1 Å². The fourth-order valence-electron chi connectivity index (χ4n) is 3.46. The molecule has 2 fully saturated rings. The molecule has 4 nitrogen and oxygen atoms in total. The predicted molar refractivity (Wildman–Crippen MR) is 98.9 cm³/mol. The molecule has 0 bridgehead atoms. The van der Waals surface area contributed by atoms with E-state index in [1.54, 1.807) is 0 Å². The van der Waals surface area contributed by atoms with Gasteiger partial charge in [-0.25, -0.2) is 0 Å². The van der Waals surface area contributed by atoms with E-state index in [-0.39, 0.29) is 0 Å². The van der Waals surface area contributed by atoms with Crippen molar-refractivity contribution >= 4 is 17.7 Å². The smallest absolute Gasteiger partial charge is 0.191 e. The van der Waals surface area contributed by atoms with Gasteiger partial charge in [-0.05, 0) is 58.8 Å². The third kappa shape index (κ3) is 5.65. The van der Waals surface area contributed by atoms with Gasteiger partial charge in [0.2, 0.25) is 0 Å².